The van der Waals surface area contributed by atoms with E-state index in [0.29, 0.717) is 0 Å². The van der Waals surface area contributed by atoms with Gasteiger partial charge in [-0.25, -0.2) is 0 Å². The second-order valence-electron chi connectivity index (χ2n) is 4.05. The normalized spacial score (nSPS) is 23.8. The Kier molecular flexibility index (Phi) is 5.08. The standard InChI is InChI=1S/C10H21NS/c1-9(2)5-7-12-8-10-4-3-6-11-10/h9-11H,3-8H2,1-2H3. The second kappa shape index (κ2) is 5.87. The number of hydrogen-bond donors (Lipinski definition) is 1. The van der Waals surface area contributed by atoms with Crippen molar-refractivity contribution in [3.63, 3.8) is 0 Å². The minimum atomic E-state index is 0.821. The van der Waals surface area contributed by atoms with E-state index >= 15 is 0 Å². The van der Waals surface area contributed by atoms with Crippen molar-refractivity contribution in [2.75, 3.05) is 18.1 Å². The van der Waals surface area contributed by atoms with E-state index in [9.17, 15) is 0 Å². The molecule has 0 saturated carbocycles. The first-order valence-corrected chi connectivity index (χ1v) is 6.25. The molecule has 0 bridgehead atoms. The van der Waals surface area contributed by atoms with Gasteiger partial charge < -0.3 is 5.32 Å². The van der Waals surface area contributed by atoms with Gasteiger partial charge in [0.05, 0.1) is 0 Å². The molecule has 0 aromatic carbocycles. The van der Waals surface area contributed by atoms with Gasteiger partial charge in [-0.1, -0.05) is 13.8 Å². The molecule has 1 saturated heterocycles. The molecule has 0 radical (unpaired) electrons. The molecule has 1 fully saturated rings. The van der Waals surface area contributed by atoms with E-state index in [1.165, 1.54) is 37.3 Å². The third-order valence-corrected chi connectivity index (χ3v) is 3.48. The summed E-state index contributed by atoms with van der Waals surface area (Å²) in [7, 11) is 0. The average Bonchev–Trinajstić information content (AvgIpc) is 2.49. The number of nitrogens with one attached hydrogen (secondary N) is 1. The quantitative estimate of drug-likeness (QED) is 0.664. The molecule has 0 aromatic heterocycles. The lowest BCUT2D eigenvalue weighted by Gasteiger charge is -2.09. The van der Waals surface area contributed by atoms with Gasteiger partial charge in [0.1, 0.15) is 0 Å². The summed E-state index contributed by atoms with van der Waals surface area (Å²) in [6.45, 7) is 5.85. The zero-order valence-corrected chi connectivity index (χ0v) is 9.12. The van der Waals surface area contributed by atoms with Crippen LogP contribution in [0.5, 0.6) is 0 Å². The summed E-state index contributed by atoms with van der Waals surface area (Å²) in [4.78, 5) is 0. The first-order valence-electron chi connectivity index (χ1n) is 5.10. The van der Waals surface area contributed by atoms with Gasteiger partial charge in [-0.2, -0.15) is 11.8 Å². The molecule has 2 heteroatoms. The molecule has 0 aliphatic carbocycles. The lowest BCUT2D eigenvalue weighted by molar-refractivity contribution is 0.629. The minimum absolute atomic E-state index is 0.821. The monoisotopic (exact) mass is 187 g/mol. The largest absolute Gasteiger partial charge is 0.313 e. The van der Waals surface area contributed by atoms with E-state index in [1.54, 1.807) is 0 Å². The Bertz CT molecular complexity index is 108. The van der Waals surface area contributed by atoms with Crippen molar-refractivity contribution in [3.05, 3.63) is 0 Å². The lowest BCUT2D eigenvalue weighted by atomic mass is 10.2. The van der Waals surface area contributed by atoms with Gasteiger partial charge in [-0.3, -0.25) is 0 Å². The van der Waals surface area contributed by atoms with Crippen molar-refractivity contribution in [2.45, 2.75) is 39.2 Å². The van der Waals surface area contributed by atoms with E-state index < -0.39 is 0 Å². The topological polar surface area (TPSA) is 12.0 Å². The van der Waals surface area contributed by atoms with Crippen LogP contribution in [0.4, 0.5) is 0 Å². The van der Waals surface area contributed by atoms with Crippen LogP contribution in [0.25, 0.3) is 0 Å². The van der Waals surface area contributed by atoms with Crippen LogP contribution < -0.4 is 5.32 Å². The molecular weight excluding hydrogens is 166 g/mol. The first-order chi connectivity index (χ1) is 5.79. The van der Waals surface area contributed by atoms with E-state index in [4.69, 9.17) is 0 Å². The predicted octanol–water partition coefficient (Wildman–Crippen LogP) is 2.52. The predicted molar refractivity (Wildman–Crippen MR) is 57.8 cm³/mol. The van der Waals surface area contributed by atoms with Gasteiger partial charge in [0.2, 0.25) is 0 Å². The van der Waals surface area contributed by atoms with Gasteiger partial charge in [0.15, 0.2) is 0 Å². The maximum Gasteiger partial charge on any atom is 0.0158 e. The van der Waals surface area contributed by atoms with Crippen molar-refractivity contribution in [1.29, 1.82) is 0 Å². The molecule has 1 aliphatic rings. The maximum absolute atomic E-state index is 3.52. The fraction of sp³-hybridized carbons (Fsp3) is 1.00. The summed E-state index contributed by atoms with van der Waals surface area (Å²) < 4.78 is 0. The third kappa shape index (κ3) is 4.36. The molecular formula is C10H21NS. The highest BCUT2D eigenvalue weighted by Crippen LogP contribution is 2.14. The molecule has 1 N–H and O–H groups in total. The van der Waals surface area contributed by atoms with Gasteiger partial charge in [-0.15, -0.1) is 0 Å². The fourth-order valence-corrected chi connectivity index (χ4v) is 2.82. The van der Waals surface area contributed by atoms with Crippen LogP contribution >= 0.6 is 11.8 Å². The summed E-state index contributed by atoms with van der Waals surface area (Å²) in [5.41, 5.74) is 0. The Morgan fingerprint density at radius 1 is 1.50 bits per heavy atom. The summed E-state index contributed by atoms with van der Waals surface area (Å²) in [6.07, 6.45) is 4.15. The molecule has 1 heterocycles. The van der Waals surface area contributed by atoms with Crippen molar-refractivity contribution in [2.24, 2.45) is 5.92 Å². The van der Waals surface area contributed by atoms with E-state index in [-0.39, 0.29) is 0 Å². The van der Waals surface area contributed by atoms with Gasteiger partial charge >= 0.3 is 0 Å². The lowest BCUT2D eigenvalue weighted by Crippen LogP contribution is -2.23. The molecule has 1 nitrogen and oxygen atoms in total. The maximum atomic E-state index is 3.52. The number of rotatable bonds is 5. The van der Waals surface area contributed by atoms with Gasteiger partial charge in [0.25, 0.3) is 0 Å². The Labute approximate surface area is 80.7 Å². The molecule has 0 spiro atoms. The smallest absolute Gasteiger partial charge is 0.0158 e. The van der Waals surface area contributed by atoms with Crippen molar-refractivity contribution in [3.8, 4) is 0 Å². The summed E-state index contributed by atoms with van der Waals surface area (Å²) in [5.74, 6) is 3.54. The fourth-order valence-electron chi connectivity index (χ4n) is 1.44. The molecule has 0 amide bonds. The molecule has 72 valence electrons. The van der Waals surface area contributed by atoms with Crippen molar-refractivity contribution >= 4 is 11.8 Å². The molecule has 1 atom stereocenters. The molecule has 0 aromatic rings. The van der Waals surface area contributed by atoms with Crippen LogP contribution in [-0.2, 0) is 0 Å². The van der Waals surface area contributed by atoms with E-state index in [1.807, 2.05) is 0 Å². The Balaban J connectivity index is 1.88. The van der Waals surface area contributed by atoms with Crippen LogP contribution in [0.3, 0.4) is 0 Å². The Morgan fingerprint density at radius 3 is 2.92 bits per heavy atom. The van der Waals surface area contributed by atoms with Crippen molar-refractivity contribution in [1.82, 2.24) is 5.32 Å². The zero-order chi connectivity index (χ0) is 8.81. The van der Waals surface area contributed by atoms with Gasteiger partial charge in [-0.05, 0) is 37.5 Å². The summed E-state index contributed by atoms with van der Waals surface area (Å²) in [6, 6.07) is 0.821. The summed E-state index contributed by atoms with van der Waals surface area (Å²) >= 11 is 2.12. The number of thioether (sulfide) groups is 1. The Morgan fingerprint density at radius 2 is 2.33 bits per heavy atom. The van der Waals surface area contributed by atoms with Gasteiger partial charge in [0, 0.05) is 11.8 Å². The second-order valence-corrected chi connectivity index (χ2v) is 5.20. The minimum Gasteiger partial charge on any atom is -0.313 e. The van der Waals surface area contributed by atoms with Crippen LogP contribution in [0.1, 0.15) is 33.1 Å². The van der Waals surface area contributed by atoms with Crippen LogP contribution in [0.15, 0.2) is 0 Å². The first kappa shape index (κ1) is 10.4. The Hall–Kier alpha value is 0.310. The number of hydrogen-bond acceptors (Lipinski definition) is 2. The molecule has 1 unspecified atom stereocenters. The highest BCUT2D eigenvalue weighted by molar-refractivity contribution is 7.99. The van der Waals surface area contributed by atoms with E-state index in [0.717, 1.165) is 12.0 Å². The zero-order valence-electron chi connectivity index (χ0n) is 8.31. The summed E-state index contributed by atoms with van der Waals surface area (Å²) in [5, 5.41) is 3.52. The average molecular weight is 187 g/mol. The van der Waals surface area contributed by atoms with E-state index in [2.05, 4.69) is 30.9 Å². The molecule has 12 heavy (non-hydrogen) atoms. The van der Waals surface area contributed by atoms with Crippen molar-refractivity contribution < 1.29 is 0 Å². The molecule has 1 rings (SSSR count). The van der Waals surface area contributed by atoms with Crippen LogP contribution in [-0.4, -0.2) is 24.1 Å². The van der Waals surface area contributed by atoms with Crippen LogP contribution in [0, 0.1) is 5.92 Å². The highest BCUT2D eigenvalue weighted by Gasteiger charge is 2.12. The third-order valence-electron chi connectivity index (χ3n) is 2.32. The SMILES string of the molecule is CC(C)CCSCC1CCCN1. The molecule has 1 aliphatic heterocycles. The highest BCUT2D eigenvalue weighted by atomic mass is 32.2. The van der Waals surface area contributed by atoms with Crippen LogP contribution in [0.2, 0.25) is 0 Å².